The van der Waals surface area contributed by atoms with Crippen LogP contribution in [0.4, 0.5) is 5.95 Å². The van der Waals surface area contributed by atoms with Crippen LogP contribution in [-0.2, 0) is 4.74 Å². The van der Waals surface area contributed by atoms with Gasteiger partial charge in [0.15, 0.2) is 0 Å². The molecule has 1 aromatic carbocycles. The lowest BCUT2D eigenvalue weighted by Crippen LogP contribution is -2.04. The first-order valence-corrected chi connectivity index (χ1v) is 4.93. The van der Waals surface area contributed by atoms with E-state index in [1.54, 1.807) is 13.3 Å². The van der Waals surface area contributed by atoms with E-state index >= 15 is 0 Å². The molecule has 1 aromatic heterocycles. The van der Waals surface area contributed by atoms with Crippen molar-refractivity contribution in [3.63, 3.8) is 0 Å². The van der Waals surface area contributed by atoms with Crippen molar-refractivity contribution in [2.45, 2.75) is 0 Å². The normalized spacial score (nSPS) is 10.6. The fourth-order valence-electron chi connectivity index (χ4n) is 1.35. The van der Waals surface area contributed by atoms with Gasteiger partial charge in [-0.2, -0.15) is 0 Å². The quantitative estimate of drug-likeness (QED) is 0.783. The van der Waals surface area contributed by atoms with Crippen LogP contribution in [0.25, 0.3) is 10.9 Å². The van der Waals surface area contributed by atoms with Crippen molar-refractivity contribution in [2.75, 3.05) is 26.1 Å². The minimum Gasteiger partial charge on any atom is -0.491 e. The van der Waals surface area contributed by atoms with Crippen LogP contribution in [0, 0.1) is 0 Å². The minimum absolute atomic E-state index is 0.265. The zero-order chi connectivity index (χ0) is 11.4. The Balaban J connectivity index is 2.21. The smallest absolute Gasteiger partial charge is 0.220 e. The number of aromatic nitrogens is 2. The number of hydrogen-bond acceptors (Lipinski definition) is 5. The number of fused-ring (bicyclic) bond motifs is 1. The Morgan fingerprint density at radius 2 is 2.19 bits per heavy atom. The van der Waals surface area contributed by atoms with Crippen molar-refractivity contribution in [2.24, 2.45) is 0 Å². The Morgan fingerprint density at radius 3 is 3.00 bits per heavy atom. The number of benzene rings is 1. The Kier molecular flexibility index (Phi) is 3.16. The SMILES string of the molecule is COCCOc1ccc2cnc(N)nc2c1. The van der Waals surface area contributed by atoms with E-state index in [1.165, 1.54) is 0 Å². The molecule has 2 rings (SSSR count). The molecule has 0 spiro atoms. The molecule has 16 heavy (non-hydrogen) atoms. The highest BCUT2D eigenvalue weighted by Crippen LogP contribution is 2.18. The second-order valence-corrected chi connectivity index (χ2v) is 3.29. The monoisotopic (exact) mass is 219 g/mol. The third-order valence-corrected chi connectivity index (χ3v) is 2.13. The highest BCUT2D eigenvalue weighted by molar-refractivity contribution is 5.79. The summed E-state index contributed by atoms with van der Waals surface area (Å²) in [7, 11) is 1.64. The van der Waals surface area contributed by atoms with Crippen LogP contribution in [0.15, 0.2) is 24.4 Å². The lowest BCUT2D eigenvalue weighted by molar-refractivity contribution is 0.146. The molecule has 5 nitrogen and oxygen atoms in total. The topological polar surface area (TPSA) is 70.3 Å². The number of methoxy groups -OCH3 is 1. The molecule has 84 valence electrons. The standard InChI is InChI=1S/C11H13N3O2/c1-15-4-5-16-9-3-2-8-7-13-11(12)14-10(8)6-9/h2-3,6-7H,4-5H2,1H3,(H2,12,13,14). The first kappa shape index (κ1) is 10.6. The molecule has 0 radical (unpaired) electrons. The van der Waals surface area contributed by atoms with Crippen molar-refractivity contribution in [1.29, 1.82) is 0 Å². The van der Waals surface area contributed by atoms with Gasteiger partial charge in [0, 0.05) is 24.8 Å². The van der Waals surface area contributed by atoms with E-state index in [4.69, 9.17) is 15.2 Å². The lowest BCUT2D eigenvalue weighted by Gasteiger charge is -2.06. The maximum absolute atomic E-state index is 5.51. The van der Waals surface area contributed by atoms with Gasteiger partial charge in [-0.15, -0.1) is 0 Å². The van der Waals surface area contributed by atoms with Gasteiger partial charge in [-0.05, 0) is 12.1 Å². The molecule has 0 unspecified atom stereocenters. The highest BCUT2D eigenvalue weighted by Gasteiger charge is 2.00. The number of nitrogens with two attached hydrogens (primary N) is 1. The number of nitrogen functional groups attached to an aromatic ring is 1. The maximum atomic E-state index is 5.51. The molecule has 2 aromatic rings. The molecule has 2 N–H and O–H groups in total. The average molecular weight is 219 g/mol. The predicted octanol–water partition coefficient (Wildman–Crippen LogP) is 1.24. The van der Waals surface area contributed by atoms with E-state index in [0.717, 1.165) is 16.7 Å². The molecule has 0 saturated carbocycles. The second kappa shape index (κ2) is 4.76. The van der Waals surface area contributed by atoms with Crippen LogP contribution in [0.1, 0.15) is 0 Å². The number of nitrogens with zero attached hydrogens (tertiary/aromatic N) is 2. The van der Waals surface area contributed by atoms with Gasteiger partial charge in [0.1, 0.15) is 12.4 Å². The summed E-state index contributed by atoms with van der Waals surface area (Å²) >= 11 is 0. The zero-order valence-electron chi connectivity index (χ0n) is 9.01. The molecular formula is C11H13N3O2. The van der Waals surface area contributed by atoms with E-state index in [0.29, 0.717) is 13.2 Å². The van der Waals surface area contributed by atoms with Crippen LogP contribution in [0.5, 0.6) is 5.75 Å². The summed E-state index contributed by atoms with van der Waals surface area (Å²) in [5.74, 6) is 1.02. The van der Waals surface area contributed by atoms with Gasteiger partial charge in [-0.3, -0.25) is 0 Å². The summed E-state index contributed by atoms with van der Waals surface area (Å²) in [4.78, 5) is 8.04. The molecule has 0 aliphatic carbocycles. The van der Waals surface area contributed by atoms with E-state index in [-0.39, 0.29) is 5.95 Å². The number of rotatable bonds is 4. The first-order chi connectivity index (χ1) is 7.79. The second-order valence-electron chi connectivity index (χ2n) is 3.29. The highest BCUT2D eigenvalue weighted by atomic mass is 16.5. The number of ether oxygens (including phenoxy) is 2. The van der Waals surface area contributed by atoms with Gasteiger partial charge in [0.25, 0.3) is 0 Å². The molecule has 0 aliphatic rings. The van der Waals surface area contributed by atoms with Crippen molar-refractivity contribution in [1.82, 2.24) is 9.97 Å². The summed E-state index contributed by atoms with van der Waals surface area (Å²) in [6.45, 7) is 1.08. The van der Waals surface area contributed by atoms with Crippen molar-refractivity contribution in [3.05, 3.63) is 24.4 Å². The summed E-state index contributed by atoms with van der Waals surface area (Å²) in [5.41, 5.74) is 6.29. The molecule has 5 heteroatoms. The van der Waals surface area contributed by atoms with E-state index < -0.39 is 0 Å². The van der Waals surface area contributed by atoms with E-state index in [2.05, 4.69) is 9.97 Å². The fraction of sp³-hybridized carbons (Fsp3) is 0.273. The lowest BCUT2D eigenvalue weighted by atomic mass is 10.2. The molecular weight excluding hydrogens is 206 g/mol. The Hall–Kier alpha value is -1.88. The Labute approximate surface area is 93.2 Å². The van der Waals surface area contributed by atoms with Gasteiger partial charge in [-0.1, -0.05) is 0 Å². The number of anilines is 1. The Morgan fingerprint density at radius 1 is 1.31 bits per heavy atom. The molecule has 0 fully saturated rings. The third kappa shape index (κ3) is 2.38. The summed E-state index contributed by atoms with van der Waals surface area (Å²) in [6, 6.07) is 5.61. The van der Waals surface area contributed by atoms with Gasteiger partial charge < -0.3 is 15.2 Å². The third-order valence-electron chi connectivity index (χ3n) is 2.13. The van der Waals surface area contributed by atoms with E-state index in [9.17, 15) is 0 Å². The van der Waals surface area contributed by atoms with Gasteiger partial charge in [0.05, 0.1) is 12.1 Å². The van der Waals surface area contributed by atoms with Gasteiger partial charge in [-0.25, -0.2) is 9.97 Å². The molecule has 0 aliphatic heterocycles. The first-order valence-electron chi connectivity index (χ1n) is 4.93. The van der Waals surface area contributed by atoms with Crippen LogP contribution in [-0.4, -0.2) is 30.3 Å². The zero-order valence-corrected chi connectivity index (χ0v) is 9.01. The van der Waals surface area contributed by atoms with Crippen LogP contribution < -0.4 is 10.5 Å². The van der Waals surface area contributed by atoms with Crippen LogP contribution in [0.2, 0.25) is 0 Å². The summed E-state index contributed by atoms with van der Waals surface area (Å²) in [6.07, 6.45) is 1.69. The van der Waals surface area contributed by atoms with Crippen molar-refractivity contribution in [3.8, 4) is 5.75 Å². The van der Waals surface area contributed by atoms with Crippen molar-refractivity contribution >= 4 is 16.9 Å². The van der Waals surface area contributed by atoms with Crippen LogP contribution in [0.3, 0.4) is 0 Å². The maximum Gasteiger partial charge on any atom is 0.220 e. The largest absolute Gasteiger partial charge is 0.491 e. The average Bonchev–Trinajstić information content (AvgIpc) is 2.29. The summed E-state index contributed by atoms with van der Waals surface area (Å²) in [5, 5.41) is 0.938. The number of hydrogen-bond donors (Lipinski definition) is 1. The molecule has 0 saturated heterocycles. The van der Waals surface area contributed by atoms with E-state index in [1.807, 2.05) is 18.2 Å². The summed E-state index contributed by atoms with van der Waals surface area (Å²) < 4.78 is 10.4. The predicted molar refractivity (Wildman–Crippen MR) is 61.3 cm³/mol. The minimum atomic E-state index is 0.265. The van der Waals surface area contributed by atoms with Gasteiger partial charge >= 0.3 is 0 Å². The van der Waals surface area contributed by atoms with Gasteiger partial charge in [0.2, 0.25) is 5.95 Å². The Bertz CT molecular complexity index is 488. The van der Waals surface area contributed by atoms with Crippen molar-refractivity contribution < 1.29 is 9.47 Å². The molecule has 1 heterocycles. The molecule has 0 bridgehead atoms. The molecule has 0 amide bonds. The molecule has 0 atom stereocenters. The van der Waals surface area contributed by atoms with Crippen LogP contribution >= 0.6 is 0 Å². The fourth-order valence-corrected chi connectivity index (χ4v) is 1.35.